The molecular formula is C44H48N4O5S2. The second-order valence-corrected chi connectivity index (χ2v) is 18.1. The number of carbonyl (C=O) groups excluding carboxylic acids is 1. The van der Waals surface area contributed by atoms with Crippen LogP contribution in [0, 0.1) is 58.2 Å². The monoisotopic (exact) mass is 776 g/mol. The number of thiophene rings is 2. The summed E-state index contributed by atoms with van der Waals surface area (Å²) in [5.74, 6) is 12.9. The van der Waals surface area contributed by atoms with Crippen molar-refractivity contribution in [2.75, 3.05) is 19.0 Å². The van der Waals surface area contributed by atoms with Crippen LogP contribution in [0.5, 0.6) is 5.75 Å². The summed E-state index contributed by atoms with van der Waals surface area (Å²) in [5, 5.41) is 50.8. The number of hydrogen-bond donors (Lipinski definition) is 7. The van der Waals surface area contributed by atoms with Crippen molar-refractivity contribution < 1.29 is 25.2 Å². The van der Waals surface area contributed by atoms with Gasteiger partial charge in [0, 0.05) is 46.2 Å². The summed E-state index contributed by atoms with van der Waals surface area (Å²) in [7, 11) is 1.65. The maximum atomic E-state index is 15.0. The first kappa shape index (κ1) is 37.6. The van der Waals surface area contributed by atoms with Gasteiger partial charge in [-0.05, 0) is 105 Å². The topological polar surface area (TPSA) is 160 Å². The van der Waals surface area contributed by atoms with Gasteiger partial charge in [0.05, 0.1) is 45.9 Å². The van der Waals surface area contributed by atoms with Gasteiger partial charge >= 0.3 is 0 Å². The number of nitrogens with two attached hydrogens (primary N) is 1. The van der Waals surface area contributed by atoms with E-state index in [1.54, 1.807) is 31.4 Å². The first-order valence-corrected chi connectivity index (χ1v) is 20.8. The molecule has 2 aromatic heterocycles. The quantitative estimate of drug-likeness (QED) is 0.0524. The van der Waals surface area contributed by atoms with Crippen molar-refractivity contribution in [1.82, 2.24) is 5.32 Å². The van der Waals surface area contributed by atoms with E-state index in [4.69, 9.17) is 5.73 Å². The zero-order valence-electron chi connectivity index (χ0n) is 31.3. The van der Waals surface area contributed by atoms with Crippen molar-refractivity contribution >= 4 is 46.2 Å². The number of phenols is 1. The summed E-state index contributed by atoms with van der Waals surface area (Å²) in [5.41, 5.74) is 8.40. The number of nitrogens with zero attached hydrogens (tertiary/aromatic N) is 1. The number of nitrogens with one attached hydrogen (secondary N) is 2. The number of aliphatic imine (C=N–C) groups is 1. The van der Waals surface area contributed by atoms with Crippen LogP contribution in [0.4, 0.5) is 5.69 Å². The van der Waals surface area contributed by atoms with E-state index in [1.807, 2.05) is 37.3 Å². The van der Waals surface area contributed by atoms with Crippen molar-refractivity contribution in [2.24, 2.45) is 45.2 Å². The van der Waals surface area contributed by atoms with Gasteiger partial charge in [-0.15, -0.1) is 28.6 Å². The Balaban J connectivity index is 1.25. The van der Waals surface area contributed by atoms with Crippen LogP contribution < -0.4 is 16.4 Å². The summed E-state index contributed by atoms with van der Waals surface area (Å²) < 4.78 is 0. The van der Waals surface area contributed by atoms with E-state index < -0.39 is 23.0 Å². The van der Waals surface area contributed by atoms with Crippen molar-refractivity contribution in [3.05, 3.63) is 75.0 Å². The summed E-state index contributed by atoms with van der Waals surface area (Å²) in [4.78, 5) is 23.1. The van der Waals surface area contributed by atoms with E-state index in [2.05, 4.69) is 57.5 Å². The largest absolute Gasteiger partial charge is 0.507 e. The Kier molecular flexibility index (Phi) is 9.98. The van der Waals surface area contributed by atoms with Crippen LogP contribution >= 0.6 is 22.7 Å². The average molecular weight is 777 g/mol. The lowest BCUT2D eigenvalue weighted by atomic mass is 9.47. The zero-order valence-corrected chi connectivity index (χ0v) is 32.9. The first-order chi connectivity index (χ1) is 26.5. The molecule has 3 bridgehead atoms. The van der Waals surface area contributed by atoms with E-state index in [0.717, 1.165) is 30.6 Å². The number of fused-ring (bicyclic) bond motifs is 3. The highest BCUT2D eigenvalue weighted by atomic mass is 32.1. The SMILES string of the molecule is CC#Cc1ccc(-c2ccc(C(=O)[C@H]3CC[C@@]45C=C[C@@H]6[C@@H](CC#Cc7c(cc(O)c8c7N[C@H]([C@H](C)O)C=C8)C[C@@H]4NC(N)=NC)[C@H]([C@H](O)CO)C[C@]36C5)s2)s1. The minimum Gasteiger partial charge on any atom is -0.507 e. The first-order valence-electron chi connectivity index (χ1n) is 19.2. The van der Waals surface area contributed by atoms with Crippen LogP contribution in [0.3, 0.4) is 0 Å². The number of carbonyl (C=O) groups is 1. The highest BCUT2D eigenvalue weighted by Gasteiger charge is 2.65. The van der Waals surface area contributed by atoms with Gasteiger partial charge in [0.1, 0.15) is 5.75 Å². The van der Waals surface area contributed by atoms with Gasteiger partial charge in [-0.1, -0.05) is 42.1 Å². The maximum absolute atomic E-state index is 15.0. The van der Waals surface area contributed by atoms with Crippen LogP contribution in [-0.2, 0) is 6.42 Å². The highest BCUT2D eigenvalue weighted by Crippen LogP contribution is 2.69. The predicted octanol–water partition coefficient (Wildman–Crippen LogP) is 5.77. The summed E-state index contributed by atoms with van der Waals surface area (Å²) >= 11 is 3.16. The molecule has 286 valence electrons. The number of hydrogen-bond acceptors (Lipinski definition) is 9. The fraction of sp³-hybridized carbons (Fsp3) is 0.455. The summed E-state index contributed by atoms with van der Waals surface area (Å²) in [6.45, 7) is 3.18. The molecule has 0 saturated heterocycles. The van der Waals surface area contributed by atoms with Gasteiger partial charge in [0.2, 0.25) is 0 Å². The van der Waals surface area contributed by atoms with Gasteiger partial charge in [0.15, 0.2) is 11.7 Å². The Morgan fingerprint density at radius 2 is 2.00 bits per heavy atom. The molecule has 8 N–H and O–H groups in total. The Labute approximate surface area is 330 Å². The molecule has 2 fully saturated rings. The average Bonchev–Trinajstić information content (AvgIpc) is 3.93. The molecule has 8 rings (SSSR count). The fourth-order valence-corrected chi connectivity index (χ4v) is 12.5. The fourth-order valence-electron chi connectivity index (χ4n) is 10.5. The Hall–Kier alpha value is -4.36. The zero-order chi connectivity index (χ0) is 38.6. The molecule has 10 atom stereocenters. The Morgan fingerprint density at radius 1 is 1.20 bits per heavy atom. The van der Waals surface area contributed by atoms with Crippen LogP contribution in [0.15, 0.2) is 53.6 Å². The van der Waals surface area contributed by atoms with Crippen LogP contribution in [0.2, 0.25) is 0 Å². The minimum absolute atomic E-state index is 0.0478. The van der Waals surface area contributed by atoms with E-state index in [-0.39, 0.29) is 53.9 Å². The van der Waals surface area contributed by atoms with Gasteiger partial charge in [-0.25, -0.2) is 0 Å². The molecule has 3 aromatic rings. The lowest BCUT2D eigenvalue weighted by molar-refractivity contribution is -0.0205. The molecule has 1 aliphatic heterocycles. The van der Waals surface area contributed by atoms with Gasteiger partial charge in [0.25, 0.3) is 0 Å². The second kappa shape index (κ2) is 14.6. The van der Waals surface area contributed by atoms with Crippen molar-refractivity contribution in [3.8, 4) is 39.2 Å². The van der Waals surface area contributed by atoms with E-state index in [1.165, 1.54) is 11.3 Å². The number of aromatic hydroxyl groups is 1. The number of Topliss-reactive ketones (excluding diaryl/α,β-unsaturated/α-hetero) is 1. The number of allylic oxidation sites excluding steroid dienone is 1. The number of ketones is 1. The Bertz CT molecular complexity index is 2230. The van der Waals surface area contributed by atoms with E-state index in [0.29, 0.717) is 55.7 Å². The molecule has 1 aromatic carbocycles. The molecular weight excluding hydrogens is 729 g/mol. The predicted molar refractivity (Wildman–Crippen MR) is 220 cm³/mol. The molecule has 5 aliphatic rings. The molecule has 3 heterocycles. The second-order valence-electron chi connectivity index (χ2n) is 16.0. The molecule has 2 saturated carbocycles. The van der Waals surface area contributed by atoms with Crippen molar-refractivity contribution in [2.45, 2.75) is 76.7 Å². The Morgan fingerprint density at radius 3 is 2.76 bits per heavy atom. The number of anilines is 1. The third-order valence-corrected chi connectivity index (χ3v) is 15.4. The lowest BCUT2D eigenvalue weighted by Gasteiger charge is -2.57. The van der Waals surface area contributed by atoms with Gasteiger partial charge < -0.3 is 36.8 Å². The molecule has 9 nitrogen and oxygen atoms in total. The molecule has 4 aliphatic carbocycles. The smallest absolute Gasteiger partial charge is 0.188 e. The highest BCUT2D eigenvalue weighted by molar-refractivity contribution is 7.23. The standard InChI is InChI=1S/C44H48N4O5S2/c1-4-6-26-9-12-36(54-26)37-13-14-38(55-37)41(53)32-16-18-43-17-15-31-28(30(35(52)22-49)21-44(31,32)23-43)8-5-7-27-25(20-39(43)48-42(45)46-3)19-34(51)29-10-11-33(24(2)50)47-40(27)29/h9-15,17,19,24,28,30-33,35,39,47,49-52H,8,16,18,20-23H2,1-3H3,(H3,45,46,48)/t24-,28-,30+,31+,32+,33-,35+,39-,43+,44+/m0/s1. The molecule has 11 heteroatoms. The third-order valence-electron chi connectivity index (χ3n) is 13.1. The molecule has 55 heavy (non-hydrogen) atoms. The third kappa shape index (κ3) is 6.40. The normalized spacial score (nSPS) is 31.3. The van der Waals surface area contributed by atoms with Crippen LogP contribution in [0.25, 0.3) is 15.8 Å². The number of benzene rings is 1. The maximum Gasteiger partial charge on any atom is 0.188 e. The van der Waals surface area contributed by atoms with Crippen LogP contribution in [-0.4, -0.2) is 70.1 Å². The number of aliphatic hydroxyl groups is 3. The summed E-state index contributed by atoms with van der Waals surface area (Å²) in [6, 6.07) is 9.25. The molecule has 2 spiro atoms. The number of aliphatic hydroxyl groups excluding tert-OH is 3. The van der Waals surface area contributed by atoms with Crippen LogP contribution in [0.1, 0.15) is 77.2 Å². The number of phenolic OH excluding ortho intramolecular Hbond substituents is 1. The summed E-state index contributed by atoms with van der Waals surface area (Å²) in [6.07, 6.45) is 10.2. The minimum atomic E-state index is -0.961. The lowest BCUT2D eigenvalue weighted by Crippen LogP contribution is -2.58. The van der Waals surface area contributed by atoms with E-state index >= 15 is 0 Å². The van der Waals surface area contributed by atoms with Gasteiger partial charge in [-0.2, -0.15) is 0 Å². The van der Waals surface area contributed by atoms with Crippen molar-refractivity contribution in [1.29, 1.82) is 0 Å². The number of rotatable bonds is 7. The van der Waals surface area contributed by atoms with E-state index in [9.17, 15) is 25.2 Å². The number of guanidine groups is 1. The van der Waals surface area contributed by atoms with Crippen molar-refractivity contribution in [3.63, 3.8) is 0 Å². The van der Waals surface area contributed by atoms with Gasteiger partial charge in [-0.3, -0.25) is 9.79 Å². The molecule has 0 unspecified atom stereocenters. The molecule has 0 amide bonds. The molecule has 0 radical (unpaired) electrons.